The first-order valence-electron chi connectivity index (χ1n) is 10.1. The molecule has 2 aromatic heterocycles. The minimum Gasteiger partial charge on any atom is -0.344 e. The van der Waals surface area contributed by atoms with Gasteiger partial charge in [0.2, 0.25) is 5.91 Å². The van der Waals surface area contributed by atoms with Crippen LogP contribution in [-0.2, 0) is 17.9 Å². The number of benzene rings is 1. The van der Waals surface area contributed by atoms with Gasteiger partial charge in [-0.2, -0.15) is 0 Å². The van der Waals surface area contributed by atoms with Crippen molar-refractivity contribution in [2.45, 2.75) is 51.2 Å². The molecule has 29 heavy (non-hydrogen) atoms. The Morgan fingerprint density at radius 1 is 1.17 bits per heavy atom. The van der Waals surface area contributed by atoms with Crippen molar-refractivity contribution in [2.24, 2.45) is 0 Å². The fourth-order valence-electron chi connectivity index (χ4n) is 4.01. The highest BCUT2D eigenvalue weighted by Crippen LogP contribution is 2.23. The second-order valence-corrected chi connectivity index (χ2v) is 8.51. The quantitative estimate of drug-likeness (QED) is 0.672. The van der Waals surface area contributed by atoms with Gasteiger partial charge < -0.3 is 14.8 Å². The number of amides is 2. The summed E-state index contributed by atoms with van der Waals surface area (Å²) in [5, 5.41) is 4.81. The van der Waals surface area contributed by atoms with E-state index in [4.69, 9.17) is 0 Å². The summed E-state index contributed by atoms with van der Waals surface area (Å²) in [7, 11) is 1.91. The number of aromatic nitrogens is 2. The van der Waals surface area contributed by atoms with Gasteiger partial charge in [-0.1, -0.05) is 37.5 Å². The number of hydrogen-bond acceptors (Lipinski definition) is 4. The van der Waals surface area contributed by atoms with Gasteiger partial charge in [0.25, 0.3) is 5.91 Å². The summed E-state index contributed by atoms with van der Waals surface area (Å²) in [6.45, 7) is 0.517. The first-order valence-corrected chi connectivity index (χ1v) is 11.0. The molecule has 0 atom stereocenters. The summed E-state index contributed by atoms with van der Waals surface area (Å²) in [5.74, 6) is 0.664. The number of hydrogen-bond donors (Lipinski definition) is 1. The van der Waals surface area contributed by atoms with Crippen LogP contribution in [0.15, 0.2) is 41.8 Å². The number of fused-ring (bicyclic) bond motifs is 1. The Hall–Kier alpha value is -2.67. The lowest BCUT2D eigenvalue weighted by atomic mass is 9.94. The minimum atomic E-state index is -0.121. The lowest BCUT2D eigenvalue weighted by Gasteiger charge is -2.31. The first kappa shape index (κ1) is 19.6. The normalized spacial score (nSPS) is 14.8. The van der Waals surface area contributed by atoms with Crippen molar-refractivity contribution in [2.75, 3.05) is 7.05 Å². The first-order chi connectivity index (χ1) is 14.1. The van der Waals surface area contributed by atoms with Crippen molar-refractivity contribution >= 4 is 34.2 Å². The Labute approximate surface area is 174 Å². The zero-order chi connectivity index (χ0) is 20.2. The number of carbonyl (C=O) groups excluding carboxylic acids is 2. The molecular weight excluding hydrogens is 384 g/mol. The van der Waals surface area contributed by atoms with Crippen molar-refractivity contribution in [3.05, 3.63) is 52.5 Å². The van der Waals surface area contributed by atoms with Crippen molar-refractivity contribution in [1.29, 1.82) is 0 Å². The van der Waals surface area contributed by atoms with Crippen LogP contribution in [-0.4, -0.2) is 39.4 Å². The molecule has 3 aromatic rings. The summed E-state index contributed by atoms with van der Waals surface area (Å²) < 4.78 is 1.94. The molecule has 4 rings (SSSR count). The van der Waals surface area contributed by atoms with Gasteiger partial charge in [0.05, 0.1) is 22.5 Å². The van der Waals surface area contributed by atoms with Gasteiger partial charge in [-0.05, 0) is 36.4 Å². The molecule has 1 aliphatic carbocycles. The lowest BCUT2D eigenvalue weighted by Crippen LogP contribution is -2.40. The number of rotatable bonds is 6. The van der Waals surface area contributed by atoms with Gasteiger partial charge in [0.1, 0.15) is 12.4 Å². The Balaban J connectivity index is 1.53. The van der Waals surface area contributed by atoms with Crippen LogP contribution in [0.5, 0.6) is 0 Å². The Morgan fingerprint density at radius 2 is 1.97 bits per heavy atom. The van der Waals surface area contributed by atoms with Gasteiger partial charge >= 0.3 is 0 Å². The fourth-order valence-corrected chi connectivity index (χ4v) is 4.65. The van der Waals surface area contributed by atoms with Crippen LogP contribution in [0.2, 0.25) is 0 Å². The number of nitrogens with one attached hydrogen (secondary N) is 1. The van der Waals surface area contributed by atoms with Crippen molar-refractivity contribution < 1.29 is 9.59 Å². The smallest absolute Gasteiger partial charge is 0.261 e. The van der Waals surface area contributed by atoms with E-state index >= 15 is 0 Å². The molecule has 2 heterocycles. The highest BCUT2D eigenvalue weighted by atomic mass is 32.1. The number of thiophene rings is 1. The maximum Gasteiger partial charge on any atom is 0.261 e. The summed E-state index contributed by atoms with van der Waals surface area (Å²) in [6.07, 6.45) is 5.80. The van der Waals surface area contributed by atoms with Crippen LogP contribution in [0.1, 0.15) is 47.6 Å². The minimum absolute atomic E-state index is 0.0888. The average molecular weight is 411 g/mol. The molecule has 0 unspecified atom stereocenters. The fraction of sp³-hybridized carbons (Fsp3) is 0.409. The van der Waals surface area contributed by atoms with E-state index in [1.807, 2.05) is 52.2 Å². The molecule has 2 amide bonds. The summed E-state index contributed by atoms with van der Waals surface area (Å²) in [5.41, 5.74) is 1.75. The maximum absolute atomic E-state index is 13.0. The molecule has 1 aromatic carbocycles. The molecular formula is C22H26N4O2S. The zero-order valence-corrected chi connectivity index (χ0v) is 17.5. The van der Waals surface area contributed by atoms with E-state index in [1.54, 1.807) is 6.07 Å². The third-order valence-electron chi connectivity index (χ3n) is 5.69. The molecule has 6 nitrogen and oxygen atoms in total. The van der Waals surface area contributed by atoms with Crippen LogP contribution in [0.25, 0.3) is 11.0 Å². The Bertz CT molecular complexity index is 990. The van der Waals surface area contributed by atoms with E-state index < -0.39 is 0 Å². The van der Waals surface area contributed by atoms with Crippen LogP contribution >= 0.6 is 11.3 Å². The molecule has 1 N–H and O–H groups in total. The van der Waals surface area contributed by atoms with E-state index in [2.05, 4.69) is 10.3 Å². The molecule has 1 aliphatic rings. The van der Waals surface area contributed by atoms with Gasteiger partial charge in [-0.3, -0.25) is 9.59 Å². The monoisotopic (exact) mass is 410 g/mol. The summed E-state index contributed by atoms with van der Waals surface area (Å²) in [6, 6.07) is 11.8. The molecule has 7 heteroatoms. The summed E-state index contributed by atoms with van der Waals surface area (Å²) >= 11 is 1.41. The van der Waals surface area contributed by atoms with Gasteiger partial charge in [0, 0.05) is 13.1 Å². The molecule has 152 valence electrons. The average Bonchev–Trinajstić information content (AvgIpc) is 3.41. The number of likely N-dealkylation sites (N-methyl/N-ethyl adjacent to an activating group) is 1. The molecule has 0 radical (unpaired) electrons. The van der Waals surface area contributed by atoms with Crippen molar-refractivity contribution in [3.63, 3.8) is 0 Å². The molecule has 1 saturated carbocycles. The molecule has 0 aliphatic heterocycles. The Kier molecular flexibility index (Phi) is 5.94. The molecule has 0 saturated heterocycles. The highest BCUT2D eigenvalue weighted by molar-refractivity contribution is 7.12. The zero-order valence-electron chi connectivity index (χ0n) is 16.6. The topological polar surface area (TPSA) is 67.2 Å². The highest BCUT2D eigenvalue weighted by Gasteiger charge is 2.23. The van der Waals surface area contributed by atoms with Crippen LogP contribution in [0.4, 0.5) is 0 Å². The number of carbonyl (C=O) groups is 2. The number of nitrogens with zero attached hydrogens (tertiary/aromatic N) is 3. The van der Waals surface area contributed by atoms with E-state index in [0.29, 0.717) is 16.7 Å². The van der Waals surface area contributed by atoms with Gasteiger partial charge in [0.15, 0.2) is 0 Å². The van der Waals surface area contributed by atoms with Crippen molar-refractivity contribution in [3.8, 4) is 0 Å². The Morgan fingerprint density at radius 3 is 2.72 bits per heavy atom. The van der Waals surface area contributed by atoms with Crippen molar-refractivity contribution in [1.82, 2.24) is 19.8 Å². The van der Waals surface area contributed by atoms with Gasteiger partial charge in [-0.25, -0.2) is 4.98 Å². The SMILES string of the molecule is CN(C(=O)Cn1c(CNC(=O)c2cccs2)nc2ccccc21)C1CCCCC1. The molecule has 0 spiro atoms. The predicted molar refractivity (Wildman–Crippen MR) is 115 cm³/mol. The van der Waals surface area contributed by atoms with E-state index in [9.17, 15) is 9.59 Å². The van der Waals surface area contributed by atoms with E-state index in [0.717, 1.165) is 23.9 Å². The molecule has 1 fully saturated rings. The van der Waals surface area contributed by atoms with E-state index in [-0.39, 0.29) is 24.9 Å². The number of para-hydroxylation sites is 2. The lowest BCUT2D eigenvalue weighted by molar-refractivity contribution is -0.133. The third kappa shape index (κ3) is 4.34. The third-order valence-corrected chi connectivity index (χ3v) is 6.56. The largest absolute Gasteiger partial charge is 0.344 e. The van der Waals surface area contributed by atoms with Crippen LogP contribution in [0, 0.1) is 0 Å². The van der Waals surface area contributed by atoms with Gasteiger partial charge in [-0.15, -0.1) is 11.3 Å². The van der Waals surface area contributed by atoms with Crippen LogP contribution < -0.4 is 5.32 Å². The standard InChI is InChI=1S/C22H26N4O2S/c1-25(16-8-3-2-4-9-16)21(27)15-26-18-11-6-5-10-17(18)24-20(26)14-23-22(28)19-12-7-13-29-19/h5-7,10-13,16H,2-4,8-9,14-15H2,1H3,(H,23,28). The van der Waals surface area contributed by atoms with E-state index in [1.165, 1.54) is 30.6 Å². The summed E-state index contributed by atoms with van der Waals surface area (Å²) in [4.78, 5) is 32.6. The predicted octanol–water partition coefficient (Wildman–Crippen LogP) is 3.82. The maximum atomic E-state index is 13.0. The second kappa shape index (κ2) is 8.78. The molecule has 0 bridgehead atoms. The number of imidazole rings is 1. The second-order valence-electron chi connectivity index (χ2n) is 7.56. The van der Waals surface area contributed by atoms with Crippen LogP contribution in [0.3, 0.4) is 0 Å².